The van der Waals surface area contributed by atoms with E-state index < -0.39 is 0 Å². The lowest BCUT2D eigenvalue weighted by atomic mass is 9.97. The quantitative estimate of drug-likeness (QED) is 0.371. The van der Waals surface area contributed by atoms with Crippen molar-refractivity contribution in [3.05, 3.63) is 35.0 Å². The molecule has 0 aromatic carbocycles. The van der Waals surface area contributed by atoms with Gasteiger partial charge in [-0.05, 0) is 51.2 Å². The first-order valence-corrected chi connectivity index (χ1v) is 10.1. The predicted octanol–water partition coefficient (Wildman–Crippen LogP) is 3.56. The van der Waals surface area contributed by atoms with Gasteiger partial charge in [0.25, 0.3) is 0 Å². The molecule has 0 amide bonds. The first-order chi connectivity index (χ1) is 13.2. The molecule has 1 aliphatic heterocycles. The summed E-state index contributed by atoms with van der Waals surface area (Å²) in [5.41, 5.74) is 1.52. The smallest absolute Gasteiger partial charge is 0.210 e. The zero-order valence-corrected chi connectivity index (χ0v) is 16.6. The maximum Gasteiger partial charge on any atom is 0.210 e. The summed E-state index contributed by atoms with van der Waals surface area (Å²) in [5.74, 6) is 1.50. The van der Waals surface area contributed by atoms with Crippen molar-refractivity contribution in [2.75, 3.05) is 31.1 Å². The molecule has 6 nitrogen and oxygen atoms in total. The molecule has 0 unspecified atom stereocenters. The van der Waals surface area contributed by atoms with Crippen LogP contribution < -0.4 is 10.2 Å². The van der Waals surface area contributed by atoms with Crippen molar-refractivity contribution in [2.45, 2.75) is 45.1 Å². The number of hydrogen-bond donors (Lipinski definition) is 1. The third kappa shape index (κ3) is 5.14. The highest BCUT2D eigenvalue weighted by Gasteiger charge is 2.28. The van der Waals surface area contributed by atoms with Gasteiger partial charge in [-0.1, -0.05) is 23.3 Å². The number of anilines is 1. The molecule has 1 atom stereocenters. The van der Waals surface area contributed by atoms with Gasteiger partial charge in [0.05, 0.1) is 5.02 Å². The summed E-state index contributed by atoms with van der Waals surface area (Å²) >= 11 is 6.29. The van der Waals surface area contributed by atoms with Gasteiger partial charge in [-0.15, -0.1) is 4.99 Å². The molecular weight excluding hydrogens is 360 g/mol. The number of halogens is 1. The number of nitrogens with one attached hydrogen (secondary N) is 1. The Hall–Kier alpha value is -2.26. The van der Waals surface area contributed by atoms with Crippen molar-refractivity contribution < 1.29 is 0 Å². The first kappa shape index (κ1) is 19.5. The lowest BCUT2D eigenvalue weighted by molar-refractivity contribution is 0.288. The highest BCUT2D eigenvalue weighted by Crippen LogP contribution is 2.25. The molecule has 1 aromatic rings. The molecule has 1 fully saturated rings. The van der Waals surface area contributed by atoms with E-state index in [0.717, 1.165) is 38.4 Å². The van der Waals surface area contributed by atoms with E-state index in [9.17, 15) is 0 Å². The van der Waals surface area contributed by atoms with Crippen molar-refractivity contribution in [3.63, 3.8) is 0 Å². The summed E-state index contributed by atoms with van der Waals surface area (Å²) in [6, 6.07) is 3.91. The van der Waals surface area contributed by atoms with Gasteiger partial charge in [0.2, 0.25) is 12.2 Å². The highest BCUT2D eigenvalue weighted by molar-refractivity contribution is 6.32. The number of aromatic nitrogens is 1. The molecule has 2 aliphatic rings. The second-order valence-electron chi connectivity index (χ2n) is 7.12. The van der Waals surface area contributed by atoms with Gasteiger partial charge in [0.15, 0.2) is 0 Å². The topological polar surface area (TPSA) is 67.5 Å². The molecule has 0 bridgehead atoms. The van der Waals surface area contributed by atoms with Crippen LogP contribution in [0.15, 0.2) is 35.0 Å². The Kier molecular flexibility index (Phi) is 6.94. The van der Waals surface area contributed by atoms with Gasteiger partial charge >= 0.3 is 0 Å². The standard InChI is InChI=1S/C20H27ClN6/c1-16-14-26(19-18(21)8-5-10-23-19)12-13-27(16)20(25-15-22)24-11-9-17-6-3-2-4-7-17/h5-6,8,10,16H,2-4,7,9,11-14H2,1H3,(H,24,25)/t16-/m1/s1. The van der Waals surface area contributed by atoms with Gasteiger partial charge in [-0.2, -0.15) is 5.26 Å². The molecule has 144 valence electrons. The minimum Gasteiger partial charge on any atom is -0.355 e. The maximum atomic E-state index is 9.11. The third-order valence-electron chi connectivity index (χ3n) is 5.21. The van der Waals surface area contributed by atoms with Gasteiger partial charge in [0, 0.05) is 38.4 Å². The van der Waals surface area contributed by atoms with E-state index in [1.54, 1.807) is 6.20 Å². The first-order valence-electron chi connectivity index (χ1n) is 9.69. The minimum absolute atomic E-state index is 0.199. The summed E-state index contributed by atoms with van der Waals surface area (Å²) in [5, 5.41) is 13.2. The molecule has 3 rings (SSSR count). The molecule has 7 heteroatoms. The number of nitriles is 1. The molecule has 2 heterocycles. The monoisotopic (exact) mass is 386 g/mol. The van der Waals surface area contributed by atoms with Crippen molar-refractivity contribution in [2.24, 2.45) is 4.99 Å². The Morgan fingerprint density at radius 2 is 2.33 bits per heavy atom. The number of pyridine rings is 1. The van der Waals surface area contributed by atoms with Crippen LogP contribution in [0.5, 0.6) is 0 Å². The molecule has 0 radical (unpaired) electrons. The number of allylic oxidation sites excluding steroid dienone is 1. The number of nitrogens with zero attached hydrogens (tertiary/aromatic N) is 5. The van der Waals surface area contributed by atoms with Crippen molar-refractivity contribution in [3.8, 4) is 6.19 Å². The average Bonchev–Trinajstić information content (AvgIpc) is 2.69. The predicted molar refractivity (Wildman–Crippen MR) is 110 cm³/mol. The van der Waals surface area contributed by atoms with Gasteiger partial charge < -0.3 is 15.1 Å². The molecule has 1 saturated heterocycles. The SMILES string of the molecule is C[C@@H]1CN(c2ncccc2Cl)CCN1/C(=N\C#N)NCCC1=CCCCC1. The van der Waals surface area contributed by atoms with Crippen molar-refractivity contribution in [1.29, 1.82) is 5.26 Å². The number of aliphatic imine (C=N–C) groups is 1. The van der Waals surface area contributed by atoms with Crippen LogP contribution in [0.1, 0.15) is 39.0 Å². The summed E-state index contributed by atoms with van der Waals surface area (Å²) in [4.78, 5) is 12.8. The lowest BCUT2D eigenvalue weighted by Gasteiger charge is -2.41. The van der Waals surface area contributed by atoms with E-state index in [-0.39, 0.29) is 6.04 Å². The van der Waals surface area contributed by atoms with E-state index in [1.807, 2.05) is 18.3 Å². The van der Waals surface area contributed by atoms with E-state index in [0.29, 0.717) is 11.0 Å². The normalized spacial score (nSPS) is 20.9. The Balaban J connectivity index is 1.58. The highest BCUT2D eigenvalue weighted by atomic mass is 35.5. The number of rotatable bonds is 4. The lowest BCUT2D eigenvalue weighted by Crippen LogP contribution is -2.57. The van der Waals surface area contributed by atoms with Crippen LogP contribution in [0.4, 0.5) is 5.82 Å². The van der Waals surface area contributed by atoms with Crippen LogP contribution in [0.2, 0.25) is 5.02 Å². The fourth-order valence-corrected chi connectivity index (χ4v) is 4.03. The summed E-state index contributed by atoms with van der Waals surface area (Å²) in [6.45, 7) is 5.29. The summed E-state index contributed by atoms with van der Waals surface area (Å²) in [6.07, 6.45) is 12.1. The summed E-state index contributed by atoms with van der Waals surface area (Å²) < 4.78 is 0. The fraction of sp³-hybridized carbons (Fsp3) is 0.550. The van der Waals surface area contributed by atoms with Crippen LogP contribution in [-0.4, -0.2) is 48.1 Å². The largest absolute Gasteiger partial charge is 0.355 e. The number of piperazine rings is 1. The minimum atomic E-state index is 0.199. The average molecular weight is 387 g/mol. The molecule has 1 N–H and O–H groups in total. The Bertz CT molecular complexity index is 738. The van der Waals surface area contributed by atoms with Crippen LogP contribution in [-0.2, 0) is 0 Å². The Morgan fingerprint density at radius 1 is 1.44 bits per heavy atom. The van der Waals surface area contributed by atoms with E-state index >= 15 is 0 Å². The third-order valence-corrected chi connectivity index (χ3v) is 5.50. The fourth-order valence-electron chi connectivity index (χ4n) is 3.79. The van der Waals surface area contributed by atoms with Crippen LogP contribution >= 0.6 is 11.6 Å². The maximum absolute atomic E-state index is 9.11. The Labute approximate surface area is 166 Å². The van der Waals surface area contributed by atoms with E-state index in [4.69, 9.17) is 16.9 Å². The zero-order valence-electron chi connectivity index (χ0n) is 15.9. The zero-order chi connectivity index (χ0) is 19.1. The second-order valence-corrected chi connectivity index (χ2v) is 7.52. The number of hydrogen-bond acceptors (Lipinski definition) is 4. The van der Waals surface area contributed by atoms with Crippen LogP contribution in [0.3, 0.4) is 0 Å². The van der Waals surface area contributed by atoms with Crippen LogP contribution in [0, 0.1) is 11.5 Å². The van der Waals surface area contributed by atoms with Crippen molar-refractivity contribution >= 4 is 23.4 Å². The molecule has 0 saturated carbocycles. The van der Waals surface area contributed by atoms with Gasteiger partial charge in [-0.25, -0.2) is 4.98 Å². The Morgan fingerprint density at radius 3 is 3.04 bits per heavy atom. The van der Waals surface area contributed by atoms with E-state index in [2.05, 4.69) is 38.1 Å². The molecule has 0 spiro atoms. The van der Waals surface area contributed by atoms with Crippen molar-refractivity contribution in [1.82, 2.24) is 15.2 Å². The molecular formula is C20H27ClN6. The van der Waals surface area contributed by atoms with Crippen LogP contribution in [0.25, 0.3) is 0 Å². The molecule has 27 heavy (non-hydrogen) atoms. The van der Waals surface area contributed by atoms with Gasteiger partial charge in [-0.3, -0.25) is 0 Å². The molecule has 1 aromatic heterocycles. The summed E-state index contributed by atoms with van der Waals surface area (Å²) in [7, 11) is 0. The number of guanidine groups is 1. The van der Waals surface area contributed by atoms with Gasteiger partial charge in [0.1, 0.15) is 5.82 Å². The second kappa shape index (κ2) is 9.61. The molecule has 1 aliphatic carbocycles. The van der Waals surface area contributed by atoms with E-state index in [1.165, 1.54) is 31.3 Å².